The third-order valence-corrected chi connectivity index (χ3v) is 4.71. The van der Waals surface area contributed by atoms with Crippen molar-refractivity contribution < 1.29 is 4.39 Å². The maximum atomic E-state index is 14.1. The lowest BCUT2D eigenvalue weighted by molar-refractivity contribution is 0.412. The van der Waals surface area contributed by atoms with Gasteiger partial charge in [0.2, 0.25) is 0 Å². The summed E-state index contributed by atoms with van der Waals surface area (Å²) >= 11 is 0. The molecule has 1 aliphatic carbocycles. The molecule has 3 rings (SSSR count). The topological polar surface area (TPSA) is 54.7 Å². The molecule has 1 aromatic heterocycles. The fourth-order valence-electron chi connectivity index (χ4n) is 3.51. The minimum atomic E-state index is -0.244. The van der Waals surface area contributed by atoms with E-state index in [1.54, 1.807) is 12.1 Å². The van der Waals surface area contributed by atoms with E-state index in [1.165, 1.54) is 18.9 Å². The molecular formula is C16H20FN3. The second-order valence-corrected chi connectivity index (χ2v) is 5.68. The van der Waals surface area contributed by atoms with Crippen LogP contribution in [-0.2, 0) is 5.41 Å². The molecule has 1 aliphatic rings. The molecular weight excluding hydrogens is 253 g/mol. The minimum Gasteiger partial charge on any atom is -0.382 e. The van der Waals surface area contributed by atoms with E-state index in [9.17, 15) is 4.39 Å². The van der Waals surface area contributed by atoms with Crippen LogP contribution in [0, 0.1) is 5.82 Å². The van der Waals surface area contributed by atoms with Crippen LogP contribution in [-0.4, -0.2) is 10.2 Å². The predicted molar refractivity (Wildman–Crippen MR) is 78.8 cm³/mol. The molecule has 0 atom stereocenters. The summed E-state index contributed by atoms with van der Waals surface area (Å²) in [4.78, 5) is 0. The number of nitrogen functional groups attached to an aromatic ring is 1. The number of rotatable bonds is 3. The monoisotopic (exact) mass is 273 g/mol. The first kappa shape index (κ1) is 13.2. The number of aromatic nitrogens is 2. The lowest BCUT2D eigenvalue weighted by Gasteiger charge is -2.27. The Morgan fingerprint density at radius 1 is 1.30 bits per heavy atom. The molecule has 1 heterocycles. The van der Waals surface area contributed by atoms with E-state index in [2.05, 4.69) is 17.1 Å². The Balaban J connectivity index is 2.18. The zero-order chi connectivity index (χ0) is 14.2. The molecule has 0 amide bonds. The number of anilines is 1. The number of nitrogens with two attached hydrogens (primary N) is 1. The molecule has 20 heavy (non-hydrogen) atoms. The van der Waals surface area contributed by atoms with Gasteiger partial charge >= 0.3 is 0 Å². The number of halogens is 1. The Hall–Kier alpha value is -1.84. The largest absolute Gasteiger partial charge is 0.382 e. The Morgan fingerprint density at radius 3 is 2.65 bits per heavy atom. The van der Waals surface area contributed by atoms with E-state index < -0.39 is 0 Å². The molecule has 2 aromatic rings. The lowest BCUT2D eigenvalue weighted by Crippen LogP contribution is -2.22. The van der Waals surface area contributed by atoms with Crippen molar-refractivity contribution in [3.8, 4) is 11.1 Å². The Morgan fingerprint density at radius 2 is 2.00 bits per heavy atom. The highest BCUT2D eigenvalue weighted by Gasteiger charge is 2.38. The van der Waals surface area contributed by atoms with Crippen LogP contribution >= 0.6 is 0 Å². The van der Waals surface area contributed by atoms with Crippen LogP contribution in [0.25, 0.3) is 11.1 Å². The van der Waals surface area contributed by atoms with Crippen molar-refractivity contribution in [2.45, 2.75) is 44.4 Å². The molecule has 1 fully saturated rings. The van der Waals surface area contributed by atoms with Gasteiger partial charge in [-0.3, -0.25) is 5.10 Å². The summed E-state index contributed by atoms with van der Waals surface area (Å²) in [5.74, 6) is 0.149. The van der Waals surface area contributed by atoms with Crippen molar-refractivity contribution in [2.75, 3.05) is 5.73 Å². The number of H-pyrrole nitrogens is 1. The summed E-state index contributed by atoms with van der Waals surface area (Å²) < 4.78 is 14.1. The molecule has 3 N–H and O–H groups in total. The molecule has 0 aliphatic heterocycles. The summed E-state index contributed by atoms with van der Waals surface area (Å²) in [7, 11) is 0. The quantitative estimate of drug-likeness (QED) is 0.887. The molecule has 0 bridgehead atoms. The van der Waals surface area contributed by atoms with E-state index in [0.717, 1.165) is 30.5 Å². The van der Waals surface area contributed by atoms with Crippen molar-refractivity contribution in [3.05, 3.63) is 35.8 Å². The van der Waals surface area contributed by atoms with Gasteiger partial charge in [-0.2, -0.15) is 5.10 Å². The minimum absolute atomic E-state index is 0.0717. The van der Waals surface area contributed by atoms with Crippen LogP contribution in [0.3, 0.4) is 0 Å². The van der Waals surface area contributed by atoms with Gasteiger partial charge in [-0.25, -0.2) is 4.39 Å². The van der Waals surface area contributed by atoms with E-state index >= 15 is 0 Å². The van der Waals surface area contributed by atoms with Gasteiger partial charge in [0.25, 0.3) is 0 Å². The predicted octanol–water partition coefficient (Wildman–Crippen LogP) is 4.02. The number of aromatic amines is 1. The number of hydrogen-bond acceptors (Lipinski definition) is 2. The van der Waals surface area contributed by atoms with Crippen molar-refractivity contribution in [2.24, 2.45) is 0 Å². The van der Waals surface area contributed by atoms with E-state index in [0.29, 0.717) is 11.4 Å². The average molecular weight is 273 g/mol. The number of benzene rings is 1. The van der Waals surface area contributed by atoms with Gasteiger partial charge < -0.3 is 5.73 Å². The second kappa shape index (κ2) is 4.93. The average Bonchev–Trinajstić information content (AvgIpc) is 3.07. The first-order valence-corrected chi connectivity index (χ1v) is 7.27. The van der Waals surface area contributed by atoms with Crippen molar-refractivity contribution in [1.82, 2.24) is 10.2 Å². The van der Waals surface area contributed by atoms with Crippen LogP contribution in [0.1, 0.15) is 44.7 Å². The summed E-state index contributed by atoms with van der Waals surface area (Å²) in [6, 6.07) is 6.78. The van der Waals surface area contributed by atoms with Gasteiger partial charge in [-0.15, -0.1) is 0 Å². The highest BCUT2D eigenvalue weighted by Crippen LogP contribution is 2.47. The Kier molecular flexibility index (Phi) is 3.24. The molecule has 1 saturated carbocycles. The van der Waals surface area contributed by atoms with Gasteiger partial charge in [-0.1, -0.05) is 38.0 Å². The molecule has 0 saturated heterocycles. The van der Waals surface area contributed by atoms with Crippen LogP contribution in [0.15, 0.2) is 24.3 Å². The van der Waals surface area contributed by atoms with Gasteiger partial charge in [0.05, 0.1) is 11.3 Å². The smallest absolute Gasteiger partial charge is 0.153 e. The molecule has 1 aromatic carbocycles. The molecule has 106 valence electrons. The van der Waals surface area contributed by atoms with Crippen molar-refractivity contribution in [3.63, 3.8) is 0 Å². The van der Waals surface area contributed by atoms with E-state index in [-0.39, 0.29) is 11.2 Å². The van der Waals surface area contributed by atoms with E-state index in [4.69, 9.17) is 5.73 Å². The summed E-state index contributed by atoms with van der Waals surface area (Å²) in [5, 5.41) is 7.25. The maximum Gasteiger partial charge on any atom is 0.153 e. The number of hydrogen-bond donors (Lipinski definition) is 2. The number of nitrogens with zero attached hydrogens (tertiary/aromatic N) is 1. The third-order valence-electron chi connectivity index (χ3n) is 4.71. The highest BCUT2D eigenvalue weighted by molar-refractivity contribution is 5.77. The maximum absolute atomic E-state index is 14.1. The zero-order valence-corrected chi connectivity index (χ0v) is 11.7. The van der Waals surface area contributed by atoms with Crippen LogP contribution in [0.2, 0.25) is 0 Å². The number of nitrogens with one attached hydrogen (secondary N) is 1. The SMILES string of the molecule is CCC1(c2[nH]nc(N)c2-c2ccccc2F)CCCC1. The van der Waals surface area contributed by atoms with Gasteiger partial charge in [0, 0.05) is 11.0 Å². The summed E-state index contributed by atoms with van der Waals surface area (Å²) in [6.07, 6.45) is 5.68. The molecule has 3 nitrogen and oxygen atoms in total. The molecule has 0 unspecified atom stereocenters. The Labute approximate surface area is 118 Å². The normalized spacial score (nSPS) is 17.5. The van der Waals surface area contributed by atoms with Gasteiger partial charge in [0.15, 0.2) is 5.82 Å². The molecule has 4 heteroatoms. The van der Waals surface area contributed by atoms with Gasteiger partial charge in [0.1, 0.15) is 5.82 Å². The fraction of sp³-hybridized carbons (Fsp3) is 0.438. The van der Waals surface area contributed by atoms with Crippen LogP contribution in [0.5, 0.6) is 0 Å². The summed E-state index contributed by atoms with van der Waals surface area (Å²) in [6.45, 7) is 2.19. The molecule has 0 spiro atoms. The third kappa shape index (κ3) is 1.90. The Bertz CT molecular complexity index is 612. The first-order chi connectivity index (χ1) is 9.68. The summed E-state index contributed by atoms with van der Waals surface area (Å²) in [5.41, 5.74) is 8.41. The zero-order valence-electron chi connectivity index (χ0n) is 11.7. The van der Waals surface area contributed by atoms with Crippen LogP contribution < -0.4 is 5.73 Å². The van der Waals surface area contributed by atoms with Crippen molar-refractivity contribution in [1.29, 1.82) is 0 Å². The first-order valence-electron chi connectivity index (χ1n) is 7.27. The van der Waals surface area contributed by atoms with Crippen molar-refractivity contribution >= 4 is 5.82 Å². The van der Waals surface area contributed by atoms with Crippen LogP contribution in [0.4, 0.5) is 10.2 Å². The molecule has 0 radical (unpaired) electrons. The van der Waals surface area contributed by atoms with Gasteiger partial charge in [-0.05, 0) is 25.3 Å². The standard InChI is InChI=1S/C16H20FN3/c1-2-16(9-5-6-10-16)14-13(15(18)20-19-14)11-7-3-4-8-12(11)17/h3-4,7-8H,2,5-6,9-10H2,1H3,(H3,18,19,20). The fourth-order valence-corrected chi connectivity index (χ4v) is 3.51. The highest BCUT2D eigenvalue weighted by atomic mass is 19.1. The van der Waals surface area contributed by atoms with E-state index in [1.807, 2.05) is 6.07 Å². The lowest BCUT2D eigenvalue weighted by atomic mass is 9.77. The second-order valence-electron chi connectivity index (χ2n) is 5.68.